The summed E-state index contributed by atoms with van der Waals surface area (Å²) in [6.07, 6.45) is 5.50. The predicted molar refractivity (Wildman–Crippen MR) is 87.4 cm³/mol. The van der Waals surface area contributed by atoms with Gasteiger partial charge in [-0.2, -0.15) is 0 Å². The summed E-state index contributed by atoms with van der Waals surface area (Å²) in [7, 11) is 0. The quantitative estimate of drug-likeness (QED) is 0.749. The zero-order chi connectivity index (χ0) is 15.8. The first-order valence-electron chi connectivity index (χ1n) is 8.54. The summed E-state index contributed by atoms with van der Waals surface area (Å²) < 4.78 is 5.79. The molecular formula is C17H34N2O2. The molecule has 1 amide bonds. The van der Waals surface area contributed by atoms with Gasteiger partial charge in [0, 0.05) is 6.04 Å². The van der Waals surface area contributed by atoms with E-state index in [1.54, 1.807) is 0 Å². The summed E-state index contributed by atoms with van der Waals surface area (Å²) in [6, 6.07) is 0.234. The molecule has 0 aromatic rings. The minimum Gasteiger partial charge on any atom is -0.376 e. The Balaban J connectivity index is 2.16. The molecule has 1 aliphatic rings. The van der Waals surface area contributed by atoms with E-state index < -0.39 is 0 Å². The molecule has 0 unspecified atom stereocenters. The first-order valence-corrected chi connectivity index (χ1v) is 8.54. The van der Waals surface area contributed by atoms with E-state index in [1.807, 2.05) is 13.8 Å². The molecule has 0 saturated carbocycles. The van der Waals surface area contributed by atoms with Gasteiger partial charge in [-0.25, -0.2) is 0 Å². The molecule has 1 N–H and O–H groups in total. The van der Waals surface area contributed by atoms with Gasteiger partial charge in [0.2, 0.25) is 5.91 Å². The molecule has 1 saturated heterocycles. The molecule has 0 aromatic carbocycles. The van der Waals surface area contributed by atoms with Gasteiger partial charge < -0.3 is 10.1 Å². The van der Waals surface area contributed by atoms with Crippen LogP contribution in [0.15, 0.2) is 0 Å². The first-order chi connectivity index (χ1) is 9.86. The molecule has 1 atom stereocenters. The van der Waals surface area contributed by atoms with Gasteiger partial charge in [-0.3, -0.25) is 9.69 Å². The van der Waals surface area contributed by atoms with Crippen LogP contribution in [0.25, 0.3) is 0 Å². The van der Waals surface area contributed by atoms with E-state index in [-0.39, 0.29) is 11.9 Å². The minimum absolute atomic E-state index is 0.155. The van der Waals surface area contributed by atoms with E-state index in [4.69, 9.17) is 4.74 Å². The van der Waals surface area contributed by atoms with Crippen LogP contribution in [0.3, 0.4) is 0 Å². The number of carbonyl (C=O) groups excluding carboxylic acids is 1. The van der Waals surface area contributed by atoms with Crippen molar-refractivity contribution in [3.05, 3.63) is 0 Å². The fourth-order valence-electron chi connectivity index (χ4n) is 3.01. The molecule has 21 heavy (non-hydrogen) atoms. The lowest BCUT2D eigenvalue weighted by Crippen LogP contribution is -2.43. The van der Waals surface area contributed by atoms with Crippen molar-refractivity contribution < 1.29 is 9.53 Å². The summed E-state index contributed by atoms with van der Waals surface area (Å²) in [4.78, 5) is 14.0. The lowest BCUT2D eigenvalue weighted by Gasteiger charge is -2.32. The Morgan fingerprint density at radius 1 is 1.19 bits per heavy atom. The van der Waals surface area contributed by atoms with Crippen molar-refractivity contribution in [1.29, 1.82) is 0 Å². The van der Waals surface area contributed by atoms with Crippen molar-refractivity contribution in [3.8, 4) is 0 Å². The lowest BCUT2D eigenvalue weighted by molar-refractivity contribution is -0.123. The molecule has 1 heterocycles. The van der Waals surface area contributed by atoms with Gasteiger partial charge in [-0.1, -0.05) is 0 Å². The Kier molecular flexibility index (Phi) is 8.27. The molecule has 1 fully saturated rings. The van der Waals surface area contributed by atoms with Crippen LogP contribution in [0.2, 0.25) is 0 Å². The average molecular weight is 298 g/mol. The van der Waals surface area contributed by atoms with Crippen molar-refractivity contribution in [2.75, 3.05) is 19.6 Å². The molecule has 124 valence electrons. The molecule has 1 rings (SSSR count). The van der Waals surface area contributed by atoms with Gasteiger partial charge in [0.25, 0.3) is 0 Å². The van der Waals surface area contributed by atoms with E-state index in [9.17, 15) is 4.79 Å². The Bertz CT molecular complexity index is 297. The second-order valence-electron chi connectivity index (χ2n) is 7.01. The maximum atomic E-state index is 11.8. The number of rotatable bonds is 8. The second kappa shape index (κ2) is 9.42. The van der Waals surface area contributed by atoms with E-state index in [2.05, 4.69) is 31.0 Å². The Hall–Kier alpha value is -0.610. The average Bonchev–Trinajstić information content (AvgIpc) is 2.36. The number of ether oxygens (including phenoxy) is 1. The molecule has 0 spiro atoms. The lowest BCUT2D eigenvalue weighted by atomic mass is 9.91. The minimum atomic E-state index is 0.155. The SMILES string of the molecule is CC(C)NC(=O)CN1CCC(CC[C@H](C)OC(C)C)CC1. The molecule has 1 aliphatic heterocycles. The van der Waals surface area contributed by atoms with Crippen LogP contribution in [0.1, 0.15) is 60.3 Å². The Morgan fingerprint density at radius 3 is 2.33 bits per heavy atom. The van der Waals surface area contributed by atoms with E-state index >= 15 is 0 Å². The zero-order valence-electron chi connectivity index (χ0n) is 14.5. The topological polar surface area (TPSA) is 41.6 Å². The molecule has 0 bridgehead atoms. The summed E-state index contributed by atoms with van der Waals surface area (Å²) in [5.74, 6) is 0.954. The first kappa shape index (κ1) is 18.4. The fourth-order valence-corrected chi connectivity index (χ4v) is 3.01. The van der Waals surface area contributed by atoms with Crippen LogP contribution < -0.4 is 5.32 Å². The van der Waals surface area contributed by atoms with E-state index in [0.29, 0.717) is 18.8 Å². The molecule has 0 aliphatic carbocycles. The summed E-state index contributed by atoms with van der Waals surface area (Å²) in [5.41, 5.74) is 0. The van der Waals surface area contributed by atoms with E-state index in [0.717, 1.165) is 25.4 Å². The fraction of sp³-hybridized carbons (Fsp3) is 0.941. The predicted octanol–water partition coefficient (Wildman–Crippen LogP) is 2.82. The summed E-state index contributed by atoms with van der Waals surface area (Å²) in [6.45, 7) is 13.0. The van der Waals surface area contributed by atoms with Crippen LogP contribution in [0, 0.1) is 5.92 Å². The van der Waals surface area contributed by atoms with Crippen molar-refractivity contribution in [1.82, 2.24) is 10.2 Å². The van der Waals surface area contributed by atoms with Crippen molar-refractivity contribution in [3.63, 3.8) is 0 Å². The van der Waals surface area contributed by atoms with Crippen molar-refractivity contribution in [2.45, 2.75) is 78.6 Å². The maximum Gasteiger partial charge on any atom is 0.234 e. The van der Waals surface area contributed by atoms with Gasteiger partial charge in [-0.05, 0) is 79.3 Å². The molecule has 0 aromatic heterocycles. The number of hydrogen-bond donors (Lipinski definition) is 1. The highest BCUT2D eigenvalue weighted by molar-refractivity contribution is 5.78. The zero-order valence-corrected chi connectivity index (χ0v) is 14.5. The molecule has 0 radical (unpaired) electrons. The number of carbonyl (C=O) groups is 1. The van der Waals surface area contributed by atoms with E-state index in [1.165, 1.54) is 19.3 Å². The second-order valence-corrected chi connectivity index (χ2v) is 7.01. The molecule has 4 heteroatoms. The Labute approximate surface area is 130 Å². The van der Waals surface area contributed by atoms with Gasteiger partial charge in [0.05, 0.1) is 18.8 Å². The number of piperidine rings is 1. The highest BCUT2D eigenvalue weighted by Gasteiger charge is 2.21. The number of nitrogens with one attached hydrogen (secondary N) is 1. The Morgan fingerprint density at radius 2 is 1.81 bits per heavy atom. The van der Waals surface area contributed by atoms with Crippen LogP contribution in [-0.2, 0) is 9.53 Å². The standard InChI is InChI=1S/C17H34N2O2/c1-13(2)18-17(20)12-19-10-8-16(9-11-19)7-6-15(5)21-14(3)4/h13-16H,6-12H2,1-5H3,(H,18,20)/t15-/m0/s1. The van der Waals surface area contributed by atoms with Gasteiger partial charge in [-0.15, -0.1) is 0 Å². The third kappa shape index (κ3) is 8.42. The van der Waals surface area contributed by atoms with Crippen LogP contribution >= 0.6 is 0 Å². The molecular weight excluding hydrogens is 264 g/mol. The smallest absolute Gasteiger partial charge is 0.234 e. The number of likely N-dealkylation sites (tertiary alicyclic amines) is 1. The monoisotopic (exact) mass is 298 g/mol. The highest BCUT2D eigenvalue weighted by Crippen LogP contribution is 2.23. The van der Waals surface area contributed by atoms with Crippen LogP contribution in [0.5, 0.6) is 0 Å². The number of hydrogen-bond acceptors (Lipinski definition) is 3. The largest absolute Gasteiger partial charge is 0.376 e. The third-order valence-corrected chi connectivity index (χ3v) is 4.01. The summed E-state index contributed by atoms with van der Waals surface area (Å²) in [5, 5.41) is 2.96. The van der Waals surface area contributed by atoms with Gasteiger partial charge >= 0.3 is 0 Å². The number of nitrogens with zero attached hydrogens (tertiary/aromatic N) is 1. The molecule has 4 nitrogen and oxygen atoms in total. The normalized spacial score (nSPS) is 19.2. The summed E-state index contributed by atoms with van der Waals surface area (Å²) >= 11 is 0. The van der Waals surface area contributed by atoms with Gasteiger partial charge in [0.15, 0.2) is 0 Å². The third-order valence-electron chi connectivity index (χ3n) is 4.01. The number of amides is 1. The van der Waals surface area contributed by atoms with Crippen molar-refractivity contribution in [2.24, 2.45) is 5.92 Å². The maximum absolute atomic E-state index is 11.8. The van der Waals surface area contributed by atoms with Crippen LogP contribution in [-0.4, -0.2) is 48.7 Å². The van der Waals surface area contributed by atoms with Crippen LogP contribution in [0.4, 0.5) is 0 Å². The van der Waals surface area contributed by atoms with Crippen molar-refractivity contribution >= 4 is 5.91 Å². The highest BCUT2D eigenvalue weighted by atomic mass is 16.5. The van der Waals surface area contributed by atoms with Gasteiger partial charge in [0.1, 0.15) is 0 Å².